The smallest absolute Gasteiger partial charge is 0.223 e. The molecule has 7 heteroatoms. The van der Waals surface area contributed by atoms with Crippen molar-refractivity contribution in [2.75, 3.05) is 12.4 Å². The Balaban J connectivity index is 1.73. The summed E-state index contributed by atoms with van der Waals surface area (Å²) in [5.41, 5.74) is 3.52. The molecule has 0 bridgehead atoms. The van der Waals surface area contributed by atoms with Crippen molar-refractivity contribution < 1.29 is 4.74 Å². The number of aromatic nitrogens is 5. The zero-order valence-corrected chi connectivity index (χ0v) is 15.7. The number of aryl methyl sites for hydroxylation is 1. The van der Waals surface area contributed by atoms with Gasteiger partial charge in [-0.15, -0.1) is 0 Å². The van der Waals surface area contributed by atoms with Crippen LogP contribution in [0.25, 0.3) is 22.6 Å². The molecule has 3 heterocycles. The van der Waals surface area contributed by atoms with Gasteiger partial charge in [-0.05, 0) is 29.8 Å². The van der Waals surface area contributed by atoms with Crippen LogP contribution >= 0.6 is 0 Å². The second-order valence-electron chi connectivity index (χ2n) is 6.22. The molecule has 0 amide bonds. The number of nitrogens with one attached hydrogen (secondary N) is 1. The summed E-state index contributed by atoms with van der Waals surface area (Å²) in [5.74, 6) is 2.07. The highest BCUT2D eigenvalue weighted by molar-refractivity contribution is 5.78. The fourth-order valence-corrected chi connectivity index (χ4v) is 2.91. The Bertz CT molecular complexity index is 1080. The second-order valence-corrected chi connectivity index (χ2v) is 6.22. The molecule has 4 rings (SSSR count). The minimum Gasteiger partial charge on any atom is -0.497 e. The van der Waals surface area contributed by atoms with Crippen LogP contribution in [-0.4, -0.2) is 31.6 Å². The van der Waals surface area contributed by atoms with E-state index in [9.17, 15) is 0 Å². The summed E-state index contributed by atoms with van der Waals surface area (Å²) in [4.78, 5) is 18.0. The van der Waals surface area contributed by atoms with Gasteiger partial charge in [0.15, 0.2) is 5.82 Å². The third kappa shape index (κ3) is 3.68. The van der Waals surface area contributed by atoms with Crippen molar-refractivity contribution >= 4 is 5.95 Å². The molecule has 0 saturated carbocycles. The monoisotopic (exact) mass is 372 g/mol. The van der Waals surface area contributed by atoms with Crippen LogP contribution in [0.4, 0.5) is 5.95 Å². The van der Waals surface area contributed by atoms with E-state index >= 15 is 0 Å². The van der Waals surface area contributed by atoms with E-state index in [1.165, 1.54) is 0 Å². The number of hydrogen-bond acceptors (Lipinski definition) is 6. The number of methoxy groups -OCH3 is 1. The molecule has 0 aliphatic carbocycles. The first-order chi connectivity index (χ1) is 13.7. The van der Waals surface area contributed by atoms with Gasteiger partial charge >= 0.3 is 0 Å². The Kier molecular flexibility index (Phi) is 4.97. The number of anilines is 1. The van der Waals surface area contributed by atoms with Crippen molar-refractivity contribution in [3.63, 3.8) is 0 Å². The third-order valence-corrected chi connectivity index (χ3v) is 4.36. The van der Waals surface area contributed by atoms with Crippen LogP contribution in [0.2, 0.25) is 0 Å². The van der Waals surface area contributed by atoms with E-state index in [1.807, 2.05) is 66.5 Å². The molecule has 3 aromatic heterocycles. The third-order valence-electron chi connectivity index (χ3n) is 4.36. The summed E-state index contributed by atoms with van der Waals surface area (Å²) in [5, 5.41) is 3.24. The van der Waals surface area contributed by atoms with Crippen molar-refractivity contribution in [2.24, 2.45) is 7.05 Å². The summed E-state index contributed by atoms with van der Waals surface area (Å²) in [6.07, 6.45) is 7.23. The zero-order chi connectivity index (χ0) is 19.3. The van der Waals surface area contributed by atoms with Crippen molar-refractivity contribution in [1.29, 1.82) is 0 Å². The molecule has 140 valence electrons. The first kappa shape index (κ1) is 17.7. The number of imidazole rings is 1. The minimum absolute atomic E-state index is 0.523. The van der Waals surface area contributed by atoms with Crippen molar-refractivity contribution in [1.82, 2.24) is 24.5 Å². The summed E-state index contributed by atoms with van der Waals surface area (Å²) in [7, 11) is 3.60. The maximum absolute atomic E-state index is 5.36. The molecule has 7 nitrogen and oxygen atoms in total. The SMILES string of the molecule is COc1cccc(-c2cnc(NCc3ccccn3)nc2-c2nccn2C)c1. The molecule has 0 aliphatic heterocycles. The Hall–Kier alpha value is -3.74. The van der Waals surface area contributed by atoms with E-state index in [0.29, 0.717) is 12.5 Å². The van der Waals surface area contributed by atoms with Gasteiger partial charge in [0.1, 0.15) is 11.4 Å². The number of nitrogens with zero attached hydrogens (tertiary/aromatic N) is 5. The quantitative estimate of drug-likeness (QED) is 0.558. The van der Waals surface area contributed by atoms with Gasteiger partial charge in [-0.1, -0.05) is 18.2 Å². The fourth-order valence-electron chi connectivity index (χ4n) is 2.91. The summed E-state index contributed by atoms with van der Waals surface area (Å²) in [6, 6.07) is 13.6. The summed E-state index contributed by atoms with van der Waals surface area (Å²) in [6.45, 7) is 0.541. The highest BCUT2D eigenvalue weighted by Crippen LogP contribution is 2.31. The van der Waals surface area contributed by atoms with Crippen LogP contribution in [0, 0.1) is 0 Å². The van der Waals surface area contributed by atoms with E-state index < -0.39 is 0 Å². The van der Waals surface area contributed by atoms with E-state index in [0.717, 1.165) is 34.1 Å². The van der Waals surface area contributed by atoms with Crippen LogP contribution < -0.4 is 10.1 Å². The zero-order valence-electron chi connectivity index (χ0n) is 15.7. The topological polar surface area (TPSA) is 77.8 Å². The van der Waals surface area contributed by atoms with E-state index in [1.54, 1.807) is 19.5 Å². The molecule has 0 unspecified atom stereocenters. The van der Waals surface area contributed by atoms with Crippen LogP contribution in [0.5, 0.6) is 5.75 Å². The van der Waals surface area contributed by atoms with Crippen molar-refractivity contribution in [3.8, 4) is 28.4 Å². The first-order valence-corrected chi connectivity index (χ1v) is 8.87. The Morgan fingerprint density at radius 2 is 1.96 bits per heavy atom. The minimum atomic E-state index is 0.523. The molecule has 0 atom stereocenters. The highest BCUT2D eigenvalue weighted by atomic mass is 16.5. The van der Waals surface area contributed by atoms with Gasteiger partial charge < -0.3 is 14.6 Å². The molecule has 1 aromatic carbocycles. The fraction of sp³-hybridized carbons (Fsp3) is 0.143. The van der Waals surface area contributed by atoms with Gasteiger partial charge in [0.05, 0.1) is 19.3 Å². The lowest BCUT2D eigenvalue weighted by Crippen LogP contribution is -2.07. The normalized spacial score (nSPS) is 10.6. The lowest BCUT2D eigenvalue weighted by Gasteiger charge is -2.12. The van der Waals surface area contributed by atoms with Crippen LogP contribution in [0.15, 0.2) is 67.3 Å². The molecule has 4 aromatic rings. The Morgan fingerprint density at radius 1 is 1.04 bits per heavy atom. The molecule has 0 radical (unpaired) electrons. The molecule has 0 fully saturated rings. The number of pyridine rings is 1. The van der Waals surface area contributed by atoms with Gasteiger partial charge in [-0.3, -0.25) is 4.98 Å². The lowest BCUT2D eigenvalue weighted by molar-refractivity contribution is 0.415. The van der Waals surface area contributed by atoms with Crippen LogP contribution in [0.1, 0.15) is 5.69 Å². The van der Waals surface area contributed by atoms with Crippen LogP contribution in [0.3, 0.4) is 0 Å². The Labute approximate surface area is 163 Å². The summed E-state index contributed by atoms with van der Waals surface area (Å²) < 4.78 is 7.30. The molecule has 1 N–H and O–H groups in total. The van der Waals surface area contributed by atoms with E-state index in [-0.39, 0.29) is 0 Å². The number of ether oxygens (including phenoxy) is 1. The van der Waals surface area contributed by atoms with Gasteiger partial charge in [0.2, 0.25) is 5.95 Å². The van der Waals surface area contributed by atoms with E-state index in [2.05, 4.69) is 20.3 Å². The molecule has 0 aliphatic rings. The predicted octanol–water partition coefficient (Wildman–Crippen LogP) is 3.56. The van der Waals surface area contributed by atoms with Gasteiger partial charge in [-0.2, -0.15) is 0 Å². The molecule has 0 saturated heterocycles. The van der Waals surface area contributed by atoms with Crippen molar-refractivity contribution in [3.05, 3.63) is 72.9 Å². The van der Waals surface area contributed by atoms with Gasteiger partial charge in [-0.25, -0.2) is 15.0 Å². The highest BCUT2D eigenvalue weighted by Gasteiger charge is 2.15. The molecular weight excluding hydrogens is 352 g/mol. The standard InChI is InChI=1S/C21H20N6O/c1-27-11-10-23-20(27)19-18(15-6-5-8-17(12-15)28-2)14-25-21(26-19)24-13-16-7-3-4-9-22-16/h3-12,14H,13H2,1-2H3,(H,24,25,26). The number of hydrogen-bond donors (Lipinski definition) is 1. The number of benzene rings is 1. The average molecular weight is 372 g/mol. The van der Waals surface area contributed by atoms with Crippen molar-refractivity contribution in [2.45, 2.75) is 6.54 Å². The van der Waals surface area contributed by atoms with Gasteiger partial charge in [0, 0.05) is 37.4 Å². The predicted molar refractivity (Wildman–Crippen MR) is 108 cm³/mol. The van der Waals surface area contributed by atoms with Crippen LogP contribution in [-0.2, 0) is 13.6 Å². The van der Waals surface area contributed by atoms with Gasteiger partial charge in [0.25, 0.3) is 0 Å². The molecular formula is C21H20N6O. The molecule has 0 spiro atoms. The lowest BCUT2D eigenvalue weighted by atomic mass is 10.0. The summed E-state index contributed by atoms with van der Waals surface area (Å²) >= 11 is 0. The first-order valence-electron chi connectivity index (χ1n) is 8.87. The maximum atomic E-state index is 5.36. The molecule has 28 heavy (non-hydrogen) atoms. The second kappa shape index (κ2) is 7.87. The van der Waals surface area contributed by atoms with E-state index in [4.69, 9.17) is 9.72 Å². The number of rotatable bonds is 6. The Morgan fingerprint density at radius 3 is 2.71 bits per heavy atom. The maximum Gasteiger partial charge on any atom is 0.223 e. The largest absolute Gasteiger partial charge is 0.497 e. The average Bonchev–Trinajstić information content (AvgIpc) is 3.18.